The highest BCUT2D eigenvalue weighted by Crippen LogP contribution is 2.35. The minimum atomic E-state index is -0.677. The van der Waals surface area contributed by atoms with Crippen LogP contribution in [0.1, 0.15) is 22.3 Å². The van der Waals surface area contributed by atoms with Crippen LogP contribution in [0, 0.1) is 34.5 Å². The molecule has 0 amide bonds. The van der Waals surface area contributed by atoms with Crippen LogP contribution in [0.25, 0.3) is 0 Å². The molecule has 6 N–H and O–H groups in total. The van der Waals surface area contributed by atoms with E-state index in [4.69, 9.17) is 11.6 Å². The van der Waals surface area contributed by atoms with Gasteiger partial charge in [0.05, 0.1) is 4.92 Å². The highest BCUT2D eigenvalue weighted by molar-refractivity contribution is 8.00. The number of non-ortho nitro benzene ring substituents is 1. The first-order chi connectivity index (χ1) is 35.8. The largest absolute Gasteiger partial charge is 0.505 e. The molecule has 0 aromatic heterocycles. The zero-order valence-electron chi connectivity index (χ0n) is 39.5. The number of nitrogens with one attached hydrogen (secondary N) is 3. The Kier molecular flexibility index (Phi) is 19.6. The summed E-state index contributed by atoms with van der Waals surface area (Å²) in [6.07, 6.45) is 0. The average molecular weight is 1070 g/mol. The van der Waals surface area contributed by atoms with Crippen LogP contribution in [-0.4, -0.2) is 20.2 Å². The molecular weight excluding hydrogens is 1020 g/mol. The van der Waals surface area contributed by atoms with Crippen LogP contribution in [-0.2, 0) is 19.6 Å². The van der Waals surface area contributed by atoms with E-state index < -0.39 is 22.4 Å². The molecule has 0 aliphatic heterocycles. The summed E-state index contributed by atoms with van der Waals surface area (Å²) in [5.41, 5.74) is 6.36. The minimum absolute atomic E-state index is 0.0543. The number of halogens is 4. The molecule has 0 spiro atoms. The monoisotopic (exact) mass is 1070 g/mol. The number of phenols is 3. The Hall–Kier alpha value is -7.69. The maximum Gasteiger partial charge on any atom is 0.269 e. The number of nitrogens with zero attached hydrogens (tertiary/aromatic N) is 1. The van der Waals surface area contributed by atoms with Crippen LogP contribution in [0.5, 0.6) is 17.2 Å². The van der Waals surface area contributed by atoms with Gasteiger partial charge >= 0.3 is 0 Å². The summed E-state index contributed by atoms with van der Waals surface area (Å²) < 4.78 is 40.2. The summed E-state index contributed by atoms with van der Waals surface area (Å²) in [6.45, 7) is 3.68. The third kappa shape index (κ3) is 16.4. The van der Waals surface area contributed by atoms with Crippen molar-refractivity contribution in [2.24, 2.45) is 0 Å². The summed E-state index contributed by atoms with van der Waals surface area (Å²) in [5.74, 6) is -3.01. The number of anilines is 3. The van der Waals surface area contributed by atoms with Gasteiger partial charge in [-0.15, -0.1) is 0 Å². The van der Waals surface area contributed by atoms with Crippen LogP contribution in [0.15, 0.2) is 230 Å². The third-order valence-corrected chi connectivity index (χ3v) is 14.4. The van der Waals surface area contributed by atoms with E-state index in [0.29, 0.717) is 41.7 Å². The van der Waals surface area contributed by atoms with Crippen molar-refractivity contribution in [1.82, 2.24) is 0 Å². The standard InChI is InChI=1S/C20H18FNOS.C19H15ClFNOS.C19H15FN2O3S/c1-14-6-9-17(10-7-14)24-20-5-3-2-4-15(20)13-22-16-8-11-19(23)18(21)12-16;20-14-5-8-16(9-6-14)24-19-4-2-1-3-13(19)12-22-15-7-10-18(23)17(21)11-15;20-17-11-14(5-10-18(17)23)21-12-13-3-1-2-4-19(13)26-16-8-6-15(7-9-16)22(24)25/h2-12,22-23H,13H2,1H3;1-11,22-23H,12H2;1-11,21,23H,12H2. The second kappa shape index (κ2) is 26.8. The molecule has 0 saturated carbocycles. The van der Waals surface area contributed by atoms with Crippen LogP contribution in [0.4, 0.5) is 35.9 Å². The van der Waals surface area contributed by atoms with Crippen molar-refractivity contribution in [3.63, 3.8) is 0 Å². The SMILES string of the molecule is Cc1ccc(Sc2ccccc2CNc2ccc(O)c(F)c2)cc1.O=[N+]([O-])c1ccc(Sc2ccccc2CNc2ccc(O)c(F)c2)cc1.Oc1ccc(NCc2ccccc2Sc2ccc(Cl)cc2)cc1F. The van der Waals surface area contributed by atoms with Crippen LogP contribution < -0.4 is 16.0 Å². The molecule has 0 heterocycles. The Bertz CT molecular complexity index is 3160. The minimum Gasteiger partial charge on any atom is -0.505 e. The molecule has 0 fully saturated rings. The Balaban J connectivity index is 0.000000162. The molecular formula is C58H48ClF3N4O5S3. The lowest BCUT2D eigenvalue weighted by Gasteiger charge is -2.12. The lowest BCUT2D eigenvalue weighted by Crippen LogP contribution is -2.01. The quantitative estimate of drug-likeness (QED) is 0.0313. The average Bonchev–Trinajstić information content (AvgIpc) is 3.40. The number of benzene rings is 9. The van der Waals surface area contributed by atoms with Crippen LogP contribution in [0.3, 0.4) is 0 Å². The van der Waals surface area contributed by atoms with Crippen molar-refractivity contribution < 1.29 is 33.4 Å². The molecule has 0 aliphatic carbocycles. The molecule has 0 unspecified atom stereocenters. The van der Waals surface area contributed by atoms with E-state index in [1.54, 1.807) is 53.9 Å². The number of nitro benzene ring substituents is 1. The molecule has 376 valence electrons. The van der Waals surface area contributed by atoms with Gasteiger partial charge < -0.3 is 31.3 Å². The van der Waals surface area contributed by atoms with Gasteiger partial charge in [0.2, 0.25) is 0 Å². The topological polar surface area (TPSA) is 140 Å². The fourth-order valence-electron chi connectivity index (χ4n) is 6.82. The van der Waals surface area contributed by atoms with Crippen molar-refractivity contribution >= 4 is 69.6 Å². The molecule has 16 heteroatoms. The van der Waals surface area contributed by atoms with Gasteiger partial charge in [0, 0.05) is 101 Å². The molecule has 9 aromatic rings. The molecule has 9 nitrogen and oxygen atoms in total. The first-order valence-corrected chi connectivity index (χ1v) is 25.6. The van der Waals surface area contributed by atoms with Crippen molar-refractivity contribution in [3.05, 3.63) is 255 Å². The van der Waals surface area contributed by atoms with E-state index in [-0.39, 0.29) is 22.9 Å². The van der Waals surface area contributed by atoms with Gasteiger partial charge in [-0.25, -0.2) is 13.2 Å². The summed E-state index contributed by atoms with van der Waals surface area (Å²) in [4.78, 5) is 16.8. The fraction of sp³-hybridized carbons (Fsp3) is 0.0690. The van der Waals surface area contributed by atoms with E-state index in [1.807, 2.05) is 84.9 Å². The van der Waals surface area contributed by atoms with Crippen LogP contribution in [0.2, 0.25) is 5.02 Å². The second-order valence-corrected chi connectivity index (χ2v) is 20.0. The molecule has 0 saturated heterocycles. The van der Waals surface area contributed by atoms with E-state index >= 15 is 0 Å². The Labute approximate surface area is 444 Å². The molecule has 9 rings (SSSR count). The zero-order valence-corrected chi connectivity index (χ0v) is 42.7. The predicted molar refractivity (Wildman–Crippen MR) is 294 cm³/mol. The number of aryl methyl sites for hydroxylation is 1. The number of rotatable bonds is 16. The van der Waals surface area contributed by atoms with Crippen molar-refractivity contribution in [3.8, 4) is 17.2 Å². The number of phenolic OH excluding ortho intramolecular Hbond substituents is 3. The molecule has 9 aromatic carbocycles. The van der Waals surface area contributed by atoms with E-state index in [0.717, 1.165) is 41.2 Å². The normalized spacial score (nSPS) is 10.6. The van der Waals surface area contributed by atoms with Crippen molar-refractivity contribution in [2.45, 2.75) is 55.9 Å². The molecule has 74 heavy (non-hydrogen) atoms. The molecule has 0 radical (unpaired) electrons. The zero-order chi connectivity index (χ0) is 52.4. The summed E-state index contributed by atoms with van der Waals surface area (Å²) in [7, 11) is 0. The van der Waals surface area contributed by atoms with E-state index in [1.165, 1.54) is 70.8 Å². The number of nitro groups is 1. The predicted octanol–water partition coefficient (Wildman–Crippen LogP) is 16.8. The van der Waals surface area contributed by atoms with Gasteiger partial charge in [0.1, 0.15) is 0 Å². The lowest BCUT2D eigenvalue weighted by molar-refractivity contribution is -0.384. The summed E-state index contributed by atoms with van der Waals surface area (Å²) in [6, 6.07) is 59.1. The van der Waals surface area contributed by atoms with Gasteiger partial charge in [-0.3, -0.25) is 10.1 Å². The highest BCUT2D eigenvalue weighted by atomic mass is 35.5. The fourth-order valence-corrected chi connectivity index (χ4v) is 9.77. The lowest BCUT2D eigenvalue weighted by atomic mass is 10.2. The van der Waals surface area contributed by atoms with Gasteiger partial charge in [-0.1, -0.05) is 119 Å². The van der Waals surface area contributed by atoms with Gasteiger partial charge in [0.15, 0.2) is 34.7 Å². The third-order valence-electron chi connectivity index (χ3n) is 10.8. The smallest absolute Gasteiger partial charge is 0.269 e. The van der Waals surface area contributed by atoms with E-state index in [9.17, 15) is 38.6 Å². The Morgan fingerprint density at radius 3 is 1.09 bits per heavy atom. The molecule has 0 aliphatic rings. The number of hydrogen-bond acceptors (Lipinski definition) is 11. The Morgan fingerprint density at radius 1 is 0.459 bits per heavy atom. The first-order valence-electron chi connectivity index (χ1n) is 22.8. The highest BCUT2D eigenvalue weighted by Gasteiger charge is 2.11. The van der Waals surface area contributed by atoms with Crippen LogP contribution >= 0.6 is 46.9 Å². The summed E-state index contributed by atoms with van der Waals surface area (Å²) in [5, 5.41) is 48.7. The van der Waals surface area contributed by atoms with E-state index in [2.05, 4.69) is 59.3 Å². The molecule has 0 atom stereocenters. The second-order valence-electron chi connectivity index (χ2n) is 16.2. The first kappa shape index (κ1) is 54.1. The number of hydrogen-bond donors (Lipinski definition) is 6. The maximum absolute atomic E-state index is 13.4. The maximum atomic E-state index is 13.4. The van der Waals surface area contributed by atoms with Gasteiger partial charge in [-0.05, 0) is 127 Å². The number of aromatic hydroxyl groups is 3. The van der Waals surface area contributed by atoms with Crippen molar-refractivity contribution in [1.29, 1.82) is 0 Å². The van der Waals surface area contributed by atoms with Crippen molar-refractivity contribution in [2.75, 3.05) is 16.0 Å². The van der Waals surface area contributed by atoms with Gasteiger partial charge in [0.25, 0.3) is 5.69 Å². The summed E-state index contributed by atoms with van der Waals surface area (Å²) >= 11 is 10.8. The van der Waals surface area contributed by atoms with Gasteiger partial charge in [-0.2, -0.15) is 0 Å². The molecule has 0 bridgehead atoms. The Morgan fingerprint density at radius 2 is 0.770 bits per heavy atom.